The van der Waals surface area contributed by atoms with E-state index in [4.69, 9.17) is 14.9 Å². The van der Waals surface area contributed by atoms with Crippen molar-refractivity contribution in [2.24, 2.45) is 5.73 Å². The van der Waals surface area contributed by atoms with Crippen molar-refractivity contribution in [1.29, 1.82) is 0 Å². The van der Waals surface area contributed by atoms with E-state index in [-0.39, 0.29) is 11.8 Å². The molecule has 0 aliphatic heterocycles. The van der Waals surface area contributed by atoms with Crippen molar-refractivity contribution < 1.29 is 14.3 Å². The highest BCUT2D eigenvalue weighted by Crippen LogP contribution is 2.19. The zero-order valence-corrected chi connectivity index (χ0v) is 8.67. The zero-order valence-electron chi connectivity index (χ0n) is 8.67. The second kappa shape index (κ2) is 4.72. The van der Waals surface area contributed by atoms with Gasteiger partial charge in [-0.2, -0.15) is 0 Å². The Morgan fingerprint density at radius 1 is 1.31 bits per heavy atom. The minimum absolute atomic E-state index is 0.170. The first-order valence-corrected chi connectivity index (χ1v) is 4.96. The minimum Gasteiger partial charge on any atom is -0.508 e. The predicted molar refractivity (Wildman–Crippen MR) is 59.2 cm³/mol. The molecule has 84 valence electrons. The van der Waals surface area contributed by atoms with Crippen LogP contribution in [0.2, 0.25) is 0 Å². The molecule has 0 aliphatic carbocycles. The van der Waals surface area contributed by atoms with Gasteiger partial charge in [-0.1, -0.05) is 6.07 Å². The summed E-state index contributed by atoms with van der Waals surface area (Å²) in [5.41, 5.74) is 5.84. The number of aromatic hydroxyl groups is 1. The second-order valence-electron chi connectivity index (χ2n) is 3.43. The summed E-state index contributed by atoms with van der Waals surface area (Å²) in [6.07, 6.45) is 1.57. The summed E-state index contributed by atoms with van der Waals surface area (Å²) in [5, 5.41) is 9.23. The largest absolute Gasteiger partial charge is 0.508 e. The summed E-state index contributed by atoms with van der Waals surface area (Å²) in [6, 6.07) is 9.86. The lowest BCUT2D eigenvalue weighted by Gasteiger charge is -2.10. The number of nitrogens with two attached hydrogens (primary N) is 1. The van der Waals surface area contributed by atoms with Crippen molar-refractivity contribution in [3.8, 4) is 11.5 Å². The quantitative estimate of drug-likeness (QED) is 0.825. The summed E-state index contributed by atoms with van der Waals surface area (Å²) in [6.45, 7) is 0.303. The van der Waals surface area contributed by atoms with Crippen LogP contribution in [0.1, 0.15) is 11.8 Å². The van der Waals surface area contributed by atoms with Gasteiger partial charge in [-0.15, -0.1) is 0 Å². The summed E-state index contributed by atoms with van der Waals surface area (Å²) in [5.74, 6) is 1.44. The van der Waals surface area contributed by atoms with Crippen molar-refractivity contribution in [3.05, 3.63) is 48.4 Å². The molecule has 0 spiro atoms. The Balaban J connectivity index is 1.92. The van der Waals surface area contributed by atoms with Crippen LogP contribution in [0.15, 0.2) is 47.1 Å². The van der Waals surface area contributed by atoms with E-state index in [9.17, 15) is 5.11 Å². The first kappa shape index (κ1) is 10.6. The van der Waals surface area contributed by atoms with Crippen LogP contribution in [0.25, 0.3) is 0 Å². The maximum atomic E-state index is 9.23. The number of phenols is 1. The Kier molecular flexibility index (Phi) is 3.12. The van der Waals surface area contributed by atoms with Gasteiger partial charge in [-0.05, 0) is 24.3 Å². The fourth-order valence-electron chi connectivity index (χ4n) is 1.34. The topological polar surface area (TPSA) is 68.6 Å². The van der Waals surface area contributed by atoms with Crippen LogP contribution < -0.4 is 10.5 Å². The summed E-state index contributed by atoms with van der Waals surface area (Å²) in [7, 11) is 0. The zero-order chi connectivity index (χ0) is 11.4. The second-order valence-corrected chi connectivity index (χ2v) is 3.43. The van der Waals surface area contributed by atoms with Crippen LogP contribution in [0.4, 0.5) is 0 Å². The maximum Gasteiger partial charge on any atom is 0.123 e. The van der Waals surface area contributed by atoms with E-state index >= 15 is 0 Å². The number of hydrogen-bond acceptors (Lipinski definition) is 4. The van der Waals surface area contributed by atoms with Crippen LogP contribution in [0.5, 0.6) is 11.5 Å². The van der Waals surface area contributed by atoms with Crippen molar-refractivity contribution in [2.45, 2.75) is 6.04 Å². The molecule has 16 heavy (non-hydrogen) atoms. The maximum absolute atomic E-state index is 9.23. The highest BCUT2D eigenvalue weighted by Gasteiger charge is 2.09. The summed E-state index contributed by atoms with van der Waals surface area (Å²) >= 11 is 0. The van der Waals surface area contributed by atoms with Crippen LogP contribution in [0, 0.1) is 0 Å². The fraction of sp³-hybridized carbons (Fsp3) is 0.167. The summed E-state index contributed by atoms with van der Waals surface area (Å²) in [4.78, 5) is 0. The van der Waals surface area contributed by atoms with Crippen LogP contribution in [-0.4, -0.2) is 11.7 Å². The van der Waals surface area contributed by atoms with E-state index in [1.807, 2.05) is 0 Å². The lowest BCUT2D eigenvalue weighted by atomic mass is 10.2. The molecule has 0 saturated heterocycles. The van der Waals surface area contributed by atoms with E-state index in [1.54, 1.807) is 36.6 Å². The van der Waals surface area contributed by atoms with Crippen LogP contribution in [0.3, 0.4) is 0 Å². The molecular formula is C12H13NO3. The van der Waals surface area contributed by atoms with Crippen LogP contribution in [-0.2, 0) is 0 Å². The third-order valence-electron chi connectivity index (χ3n) is 2.16. The van der Waals surface area contributed by atoms with Gasteiger partial charge in [-0.25, -0.2) is 0 Å². The number of furan rings is 1. The lowest BCUT2D eigenvalue weighted by Crippen LogP contribution is -2.18. The highest BCUT2D eigenvalue weighted by atomic mass is 16.5. The van der Waals surface area contributed by atoms with E-state index in [0.717, 1.165) is 0 Å². The van der Waals surface area contributed by atoms with Crippen molar-refractivity contribution in [2.75, 3.05) is 6.61 Å². The first-order valence-electron chi connectivity index (χ1n) is 4.96. The summed E-state index contributed by atoms with van der Waals surface area (Å²) < 4.78 is 10.6. The van der Waals surface area contributed by atoms with E-state index in [2.05, 4.69) is 0 Å². The number of hydrogen-bond donors (Lipinski definition) is 2. The van der Waals surface area contributed by atoms with Crippen molar-refractivity contribution in [3.63, 3.8) is 0 Å². The van der Waals surface area contributed by atoms with Crippen molar-refractivity contribution in [1.82, 2.24) is 0 Å². The lowest BCUT2D eigenvalue weighted by molar-refractivity contribution is 0.272. The molecule has 0 radical (unpaired) electrons. The molecule has 1 heterocycles. The fourth-order valence-corrected chi connectivity index (χ4v) is 1.34. The molecule has 2 aromatic rings. The molecule has 0 aliphatic rings. The Morgan fingerprint density at radius 3 is 2.88 bits per heavy atom. The molecule has 3 N–H and O–H groups in total. The molecule has 1 unspecified atom stereocenters. The van der Waals surface area contributed by atoms with Gasteiger partial charge in [0.1, 0.15) is 23.9 Å². The minimum atomic E-state index is -0.308. The van der Waals surface area contributed by atoms with Gasteiger partial charge in [0.05, 0.1) is 12.3 Å². The molecular weight excluding hydrogens is 206 g/mol. The van der Waals surface area contributed by atoms with Gasteiger partial charge in [0.2, 0.25) is 0 Å². The predicted octanol–water partition coefficient (Wildman–Crippen LogP) is 2.06. The van der Waals surface area contributed by atoms with Gasteiger partial charge < -0.3 is 20.0 Å². The van der Waals surface area contributed by atoms with Gasteiger partial charge in [0.25, 0.3) is 0 Å². The molecule has 1 atom stereocenters. The number of benzene rings is 1. The highest BCUT2D eigenvalue weighted by molar-refractivity contribution is 5.31. The SMILES string of the molecule is NC(COc1cccc(O)c1)c1ccco1. The number of ether oxygens (including phenoxy) is 1. The molecule has 1 aromatic carbocycles. The standard InChI is InChI=1S/C12H13NO3/c13-11(12-5-2-6-15-12)8-16-10-4-1-3-9(14)7-10/h1-7,11,14H,8,13H2. The average molecular weight is 219 g/mol. The molecule has 0 amide bonds. The molecule has 0 fully saturated rings. The Hall–Kier alpha value is -1.94. The molecule has 0 saturated carbocycles. The molecule has 0 bridgehead atoms. The molecule has 2 rings (SSSR count). The van der Waals surface area contributed by atoms with Gasteiger partial charge in [-0.3, -0.25) is 0 Å². The van der Waals surface area contributed by atoms with E-state index in [1.165, 1.54) is 6.07 Å². The third-order valence-corrected chi connectivity index (χ3v) is 2.16. The van der Waals surface area contributed by atoms with Gasteiger partial charge in [0, 0.05) is 6.07 Å². The normalized spacial score (nSPS) is 12.3. The monoisotopic (exact) mass is 219 g/mol. The Morgan fingerprint density at radius 2 is 2.19 bits per heavy atom. The molecule has 1 aromatic heterocycles. The van der Waals surface area contributed by atoms with Crippen LogP contribution >= 0.6 is 0 Å². The van der Waals surface area contributed by atoms with Crippen molar-refractivity contribution >= 4 is 0 Å². The van der Waals surface area contributed by atoms with E-state index < -0.39 is 0 Å². The first-order chi connectivity index (χ1) is 7.75. The van der Waals surface area contributed by atoms with Gasteiger partial charge in [0.15, 0.2) is 0 Å². The number of phenolic OH excluding ortho intramolecular Hbond substituents is 1. The average Bonchev–Trinajstić information content (AvgIpc) is 2.79. The molecule has 4 heteroatoms. The van der Waals surface area contributed by atoms with Gasteiger partial charge >= 0.3 is 0 Å². The smallest absolute Gasteiger partial charge is 0.123 e. The van der Waals surface area contributed by atoms with E-state index in [0.29, 0.717) is 18.1 Å². The number of rotatable bonds is 4. The third kappa shape index (κ3) is 2.55. The molecule has 4 nitrogen and oxygen atoms in total. The Bertz CT molecular complexity index is 439. The Labute approximate surface area is 93.3 Å².